The van der Waals surface area contributed by atoms with E-state index < -0.39 is 11.8 Å². The van der Waals surface area contributed by atoms with Crippen LogP contribution in [0.25, 0.3) is 22.3 Å². The van der Waals surface area contributed by atoms with Gasteiger partial charge in [0.25, 0.3) is 0 Å². The summed E-state index contributed by atoms with van der Waals surface area (Å²) in [6.45, 7) is 0.122. The molecule has 0 aromatic carbocycles. The standard InChI is InChI=1S/C18H20FN7O2/c1-25-9-12(8-23-25)13-7-14-15(21-5-4-20-14)16(24-13)22-10-18(19)3-2-6-26(11-18)17(27)28/h4-5,7-9H,2-3,6,10-11H2,1H3,(H,22,24)(H,27,28)/t18-/m1/s1. The lowest BCUT2D eigenvalue weighted by atomic mass is 9.95. The van der Waals surface area contributed by atoms with E-state index in [0.717, 1.165) is 10.5 Å². The summed E-state index contributed by atoms with van der Waals surface area (Å²) in [5, 5.41) is 16.4. The van der Waals surface area contributed by atoms with E-state index in [1.54, 1.807) is 23.3 Å². The molecule has 1 amide bonds. The molecule has 4 rings (SSSR count). The summed E-state index contributed by atoms with van der Waals surface area (Å²) in [6.07, 6.45) is 6.32. The molecule has 1 aliphatic rings. The molecule has 10 heteroatoms. The maximum atomic E-state index is 15.3. The Morgan fingerprint density at radius 2 is 2.21 bits per heavy atom. The monoisotopic (exact) mass is 385 g/mol. The van der Waals surface area contributed by atoms with Gasteiger partial charge in [-0.25, -0.2) is 19.2 Å². The van der Waals surface area contributed by atoms with E-state index in [2.05, 4.69) is 25.4 Å². The van der Waals surface area contributed by atoms with E-state index in [0.29, 0.717) is 35.5 Å². The fourth-order valence-electron chi connectivity index (χ4n) is 3.43. The Morgan fingerprint density at radius 3 is 2.96 bits per heavy atom. The zero-order valence-electron chi connectivity index (χ0n) is 15.3. The van der Waals surface area contributed by atoms with Crippen LogP contribution in [0.3, 0.4) is 0 Å². The number of anilines is 1. The van der Waals surface area contributed by atoms with Crippen LogP contribution in [-0.4, -0.2) is 66.1 Å². The highest BCUT2D eigenvalue weighted by Gasteiger charge is 2.37. The molecule has 0 radical (unpaired) electrons. The van der Waals surface area contributed by atoms with Crippen LogP contribution in [0.1, 0.15) is 12.8 Å². The van der Waals surface area contributed by atoms with E-state index in [4.69, 9.17) is 5.11 Å². The maximum absolute atomic E-state index is 15.3. The first kappa shape index (κ1) is 18.1. The number of hydrogen-bond acceptors (Lipinski definition) is 6. The average Bonchev–Trinajstić information content (AvgIpc) is 3.12. The molecule has 0 spiro atoms. The average molecular weight is 385 g/mol. The molecule has 146 valence electrons. The number of carbonyl (C=O) groups is 1. The van der Waals surface area contributed by atoms with Gasteiger partial charge in [0.2, 0.25) is 0 Å². The summed E-state index contributed by atoms with van der Waals surface area (Å²) in [5.74, 6) is 0.411. The van der Waals surface area contributed by atoms with Crippen LogP contribution in [0.5, 0.6) is 0 Å². The van der Waals surface area contributed by atoms with Crippen LogP contribution in [-0.2, 0) is 7.05 Å². The second-order valence-electron chi connectivity index (χ2n) is 6.99. The number of aromatic nitrogens is 5. The topological polar surface area (TPSA) is 109 Å². The van der Waals surface area contributed by atoms with Crippen LogP contribution in [0.4, 0.5) is 15.0 Å². The van der Waals surface area contributed by atoms with Gasteiger partial charge < -0.3 is 15.3 Å². The highest BCUT2D eigenvalue weighted by atomic mass is 19.1. The predicted molar refractivity (Wildman–Crippen MR) is 101 cm³/mol. The highest BCUT2D eigenvalue weighted by Crippen LogP contribution is 2.29. The van der Waals surface area contributed by atoms with Gasteiger partial charge in [0.1, 0.15) is 11.2 Å². The van der Waals surface area contributed by atoms with Crippen molar-refractivity contribution in [2.24, 2.45) is 7.05 Å². The third-order valence-corrected chi connectivity index (χ3v) is 4.83. The molecule has 0 aliphatic carbocycles. The molecule has 1 atom stereocenters. The summed E-state index contributed by atoms with van der Waals surface area (Å²) in [6, 6.07) is 1.81. The van der Waals surface area contributed by atoms with E-state index in [1.165, 1.54) is 0 Å². The summed E-state index contributed by atoms with van der Waals surface area (Å²) >= 11 is 0. The molecule has 1 aliphatic heterocycles. The summed E-state index contributed by atoms with van der Waals surface area (Å²) < 4.78 is 16.9. The fraction of sp³-hybridized carbons (Fsp3) is 0.389. The number of piperidine rings is 1. The van der Waals surface area contributed by atoms with Crippen molar-refractivity contribution >= 4 is 22.9 Å². The number of likely N-dealkylation sites (tertiary alicyclic amines) is 1. The molecule has 9 nitrogen and oxygen atoms in total. The zero-order valence-corrected chi connectivity index (χ0v) is 15.3. The van der Waals surface area contributed by atoms with Gasteiger partial charge in [-0.05, 0) is 18.9 Å². The Bertz CT molecular complexity index is 1020. The Balaban J connectivity index is 1.63. The minimum absolute atomic E-state index is 0.0635. The first-order valence-corrected chi connectivity index (χ1v) is 8.95. The molecule has 2 N–H and O–H groups in total. The van der Waals surface area contributed by atoms with Gasteiger partial charge in [-0.3, -0.25) is 9.67 Å². The number of amides is 1. The molecule has 0 bridgehead atoms. The Morgan fingerprint density at radius 1 is 1.39 bits per heavy atom. The molecule has 1 saturated heterocycles. The lowest BCUT2D eigenvalue weighted by Gasteiger charge is -2.36. The second kappa shape index (κ2) is 7.02. The lowest BCUT2D eigenvalue weighted by molar-refractivity contribution is 0.0537. The van der Waals surface area contributed by atoms with Gasteiger partial charge in [-0.2, -0.15) is 5.10 Å². The quantitative estimate of drug-likeness (QED) is 0.709. The van der Waals surface area contributed by atoms with Crippen LogP contribution >= 0.6 is 0 Å². The molecule has 3 aromatic heterocycles. The molecular weight excluding hydrogens is 365 g/mol. The van der Waals surface area contributed by atoms with Gasteiger partial charge in [-0.1, -0.05) is 0 Å². The van der Waals surface area contributed by atoms with Crippen molar-refractivity contribution in [1.29, 1.82) is 0 Å². The van der Waals surface area contributed by atoms with Crippen molar-refractivity contribution in [2.75, 3.05) is 25.0 Å². The van der Waals surface area contributed by atoms with Gasteiger partial charge in [0.05, 0.1) is 30.5 Å². The second-order valence-corrected chi connectivity index (χ2v) is 6.99. The number of carboxylic acid groups (broad SMARTS) is 1. The third kappa shape index (κ3) is 3.57. The number of halogens is 1. The molecule has 0 saturated carbocycles. The molecular formula is C18H20FN7O2. The minimum atomic E-state index is -1.67. The van der Waals surface area contributed by atoms with Gasteiger partial charge >= 0.3 is 6.09 Å². The number of alkyl halides is 1. The van der Waals surface area contributed by atoms with Crippen molar-refractivity contribution in [3.8, 4) is 11.3 Å². The maximum Gasteiger partial charge on any atom is 0.407 e. The fourth-order valence-corrected chi connectivity index (χ4v) is 3.43. The Labute approximate surface area is 160 Å². The number of rotatable bonds is 4. The third-order valence-electron chi connectivity index (χ3n) is 4.83. The Kier molecular flexibility index (Phi) is 4.54. The van der Waals surface area contributed by atoms with Crippen LogP contribution < -0.4 is 5.32 Å². The van der Waals surface area contributed by atoms with Crippen LogP contribution in [0.15, 0.2) is 30.9 Å². The van der Waals surface area contributed by atoms with Gasteiger partial charge in [0, 0.05) is 37.7 Å². The van der Waals surface area contributed by atoms with Crippen molar-refractivity contribution < 1.29 is 14.3 Å². The SMILES string of the molecule is Cn1cc(-c2cc3nccnc3c(NC[C@]3(F)CCCN(C(=O)O)C3)n2)cn1. The van der Waals surface area contributed by atoms with Gasteiger partial charge in [0.15, 0.2) is 5.82 Å². The van der Waals surface area contributed by atoms with Crippen LogP contribution in [0.2, 0.25) is 0 Å². The minimum Gasteiger partial charge on any atom is -0.465 e. The van der Waals surface area contributed by atoms with Gasteiger partial charge in [-0.15, -0.1) is 0 Å². The van der Waals surface area contributed by atoms with E-state index in [-0.39, 0.29) is 19.5 Å². The molecule has 1 fully saturated rings. The van der Waals surface area contributed by atoms with E-state index in [1.807, 2.05) is 19.3 Å². The first-order valence-electron chi connectivity index (χ1n) is 8.95. The van der Waals surface area contributed by atoms with Crippen molar-refractivity contribution in [3.63, 3.8) is 0 Å². The lowest BCUT2D eigenvalue weighted by Crippen LogP contribution is -2.50. The van der Waals surface area contributed by atoms with Crippen molar-refractivity contribution in [3.05, 3.63) is 30.9 Å². The summed E-state index contributed by atoms with van der Waals surface area (Å²) in [4.78, 5) is 25.5. The first-order chi connectivity index (χ1) is 13.4. The number of nitrogens with one attached hydrogen (secondary N) is 1. The zero-order chi connectivity index (χ0) is 19.7. The number of nitrogens with zero attached hydrogens (tertiary/aromatic N) is 6. The van der Waals surface area contributed by atoms with E-state index >= 15 is 4.39 Å². The number of aryl methyl sites for hydroxylation is 1. The highest BCUT2D eigenvalue weighted by molar-refractivity contribution is 5.88. The smallest absolute Gasteiger partial charge is 0.407 e. The van der Waals surface area contributed by atoms with Crippen molar-refractivity contribution in [1.82, 2.24) is 29.6 Å². The van der Waals surface area contributed by atoms with Crippen LogP contribution in [0, 0.1) is 0 Å². The van der Waals surface area contributed by atoms with Crippen molar-refractivity contribution in [2.45, 2.75) is 18.5 Å². The Hall–Kier alpha value is -3.30. The molecule has 28 heavy (non-hydrogen) atoms. The largest absolute Gasteiger partial charge is 0.465 e. The summed E-state index contributed by atoms with van der Waals surface area (Å²) in [7, 11) is 1.81. The number of hydrogen-bond donors (Lipinski definition) is 2. The number of fused-ring (bicyclic) bond motifs is 1. The normalized spacial score (nSPS) is 19.7. The summed E-state index contributed by atoms with van der Waals surface area (Å²) in [5.41, 5.74) is 0.944. The molecule has 4 heterocycles. The molecule has 0 unspecified atom stereocenters. The van der Waals surface area contributed by atoms with E-state index in [9.17, 15) is 4.79 Å². The number of pyridine rings is 1. The molecule has 3 aromatic rings. The predicted octanol–water partition coefficient (Wildman–Crippen LogP) is 2.32.